The van der Waals surface area contributed by atoms with E-state index in [-0.39, 0.29) is 12.2 Å². The van der Waals surface area contributed by atoms with E-state index in [1.165, 1.54) is 7.05 Å². The quantitative estimate of drug-likeness (QED) is 0.561. The molecule has 0 radical (unpaired) electrons. The third-order valence-electron chi connectivity index (χ3n) is 1.60. The fourth-order valence-corrected chi connectivity index (χ4v) is 1.30. The van der Waals surface area contributed by atoms with E-state index in [4.69, 9.17) is 4.74 Å². The average Bonchev–Trinajstić information content (AvgIpc) is 2.06. The fraction of sp³-hybridized carbons (Fsp3) is 0.875. The largest absolute Gasteiger partial charge is 0.372 e. The van der Waals surface area contributed by atoms with Gasteiger partial charge < -0.3 is 15.4 Å². The lowest BCUT2D eigenvalue weighted by atomic mass is 10.2. The first-order valence-corrected chi connectivity index (χ1v) is 4.15. The van der Waals surface area contributed by atoms with Gasteiger partial charge in [-0.3, -0.25) is 4.79 Å². The van der Waals surface area contributed by atoms with E-state index < -0.39 is 0 Å². The predicted octanol–water partition coefficient (Wildman–Crippen LogP) is -0.173. The van der Waals surface area contributed by atoms with Crippen LogP contribution in [0.1, 0.15) is 13.8 Å². The molecule has 2 N–H and O–H groups in total. The summed E-state index contributed by atoms with van der Waals surface area (Å²) in [6.07, 6.45) is 1.26. The zero-order chi connectivity index (χ0) is 9.56. The number of hydrogen-bond acceptors (Lipinski definition) is 3. The van der Waals surface area contributed by atoms with Crippen LogP contribution in [0.15, 0.2) is 0 Å². The normalized spacial score (nSPS) is 28.8. The van der Waals surface area contributed by atoms with E-state index in [9.17, 15) is 4.79 Å². The van der Waals surface area contributed by atoms with Crippen molar-refractivity contribution in [3.05, 3.63) is 0 Å². The lowest BCUT2D eigenvalue weighted by Crippen LogP contribution is -2.44. The maximum atomic E-state index is 10.3. The van der Waals surface area contributed by atoms with Crippen LogP contribution in [-0.4, -0.2) is 43.7 Å². The number of carbonyl (C=O) groups excluding carboxylic acids is 1. The monoisotopic (exact) mass is 174 g/mol. The average molecular weight is 174 g/mol. The molecule has 0 aromatic carbocycles. The summed E-state index contributed by atoms with van der Waals surface area (Å²) in [5, 5.41) is 0. The molecule has 0 aromatic heterocycles. The summed E-state index contributed by atoms with van der Waals surface area (Å²) in [4.78, 5) is 12.1. The Balaban J connectivity index is 0.000000561. The number of nitrogens with zero attached hydrogens (tertiary/aromatic N) is 1. The number of rotatable bonds is 1. The van der Waals surface area contributed by atoms with Crippen LogP contribution in [0, 0.1) is 0 Å². The van der Waals surface area contributed by atoms with Gasteiger partial charge in [-0.05, 0) is 20.9 Å². The van der Waals surface area contributed by atoms with Gasteiger partial charge in [0.2, 0.25) is 6.41 Å². The van der Waals surface area contributed by atoms with E-state index in [2.05, 4.69) is 5.73 Å². The number of ether oxygens (including phenoxy) is 1. The molecule has 4 heteroatoms. The molecule has 1 heterocycles. The maximum Gasteiger partial charge on any atom is 0.209 e. The van der Waals surface area contributed by atoms with Gasteiger partial charge in [0.05, 0.1) is 12.2 Å². The van der Waals surface area contributed by atoms with Crippen molar-refractivity contribution in [3.8, 4) is 0 Å². The topological polar surface area (TPSA) is 55.6 Å². The van der Waals surface area contributed by atoms with Crippen molar-refractivity contribution in [2.45, 2.75) is 26.1 Å². The highest BCUT2D eigenvalue weighted by Gasteiger charge is 2.20. The van der Waals surface area contributed by atoms with Gasteiger partial charge in [-0.2, -0.15) is 0 Å². The first-order chi connectivity index (χ1) is 5.72. The number of morpholine rings is 1. The SMILES string of the molecule is CN.C[C@@H]1CN(C=O)C[C@H](C)O1. The minimum Gasteiger partial charge on any atom is -0.372 e. The highest BCUT2D eigenvalue weighted by atomic mass is 16.5. The van der Waals surface area contributed by atoms with Crippen molar-refractivity contribution in [1.82, 2.24) is 4.90 Å². The second-order valence-corrected chi connectivity index (χ2v) is 2.82. The molecule has 1 saturated heterocycles. The van der Waals surface area contributed by atoms with Gasteiger partial charge in [0, 0.05) is 13.1 Å². The van der Waals surface area contributed by atoms with Crippen molar-refractivity contribution >= 4 is 6.41 Å². The van der Waals surface area contributed by atoms with Crippen LogP contribution in [0.4, 0.5) is 0 Å². The number of amides is 1. The minimum absolute atomic E-state index is 0.189. The summed E-state index contributed by atoms with van der Waals surface area (Å²) in [5.74, 6) is 0. The first kappa shape index (κ1) is 11.4. The molecular formula is C8H18N2O2. The van der Waals surface area contributed by atoms with Crippen LogP contribution in [0.5, 0.6) is 0 Å². The van der Waals surface area contributed by atoms with Crippen LogP contribution in [0.2, 0.25) is 0 Å². The fourth-order valence-electron chi connectivity index (χ4n) is 1.30. The Hall–Kier alpha value is -0.610. The standard InChI is InChI=1S/C7H13NO2.CH5N/c1-6-3-8(5-9)4-7(2)10-6;1-2/h5-7H,3-4H2,1-2H3;2H2,1H3/t6-,7+;. The molecule has 1 amide bonds. The van der Waals surface area contributed by atoms with E-state index in [1.807, 2.05) is 13.8 Å². The lowest BCUT2D eigenvalue weighted by molar-refractivity contribution is -0.130. The van der Waals surface area contributed by atoms with E-state index in [1.54, 1.807) is 4.90 Å². The van der Waals surface area contributed by atoms with Gasteiger partial charge >= 0.3 is 0 Å². The Bertz CT molecular complexity index is 120. The van der Waals surface area contributed by atoms with Crippen LogP contribution in [0.25, 0.3) is 0 Å². The highest BCUT2D eigenvalue weighted by Crippen LogP contribution is 2.07. The number of hydrogen-bond donors (Lipinski definition) is 1. The van der Waals surface area contributed by atoms with Gasteiger partial charge in [-0.1, -0.05) is 0 Å². The summed E-state index contributed by atoms with van der Waals surface area (Å²) in [6, 6.07) is 0. The second kappa shape index (κ2) is 5.97. The zero-order valence-corrected chi connectivity index (χ0v) is 7.99. The molecule has 1 aliphatic rings. The van der Waals surface area contributed by atoms with Crippen molar-refractivity contribution in [2.24, 2.45) is 5.73 Å². The van der Waals surface area contributed by atoms with Crippen molar-refractivity contribution in [2.75, 3.05) is 20.1 Å². The van der Waals surface area contributed by atoms with E-state index in [0.29, 0.717) is 0 Å². The molecule has 0 aliphatic carbocycles. The first-order valence-electron chi connectivity index (χ1n) is 4.15. The molecule has 1 aliphatic heterocycles. The number of carbonyl (C=O) groups is 1. The molecule has 0 bridgehead atoms. The Morgan fingerprint density at radius 2 is 1.75 bits per heavy atom. The molecule has 12 heavy (non-hydrogen) atoms. The van der Waals surface area contributed by atoms with E-state index >= 15 is 0 Å². The number of nitrogens with two attached hydrogens (primary N) is 1. The van der Waals surface area contributed by atoms with E-state index in [0.717, 1.165) is 19.5 Å². The third-order valence-corrected chi connectivity index (χ3v) is 1.60. The molecule has 0 unspecified atom stereocenters. The molecule has 4 nitrogen and oxygen atoms in total. The minimum atomic E-state index is 0.189. The highest BCUT2D eigenvalue weighted by molar-refractivity contribution is 5.47. The molecule has 0 spiro atoms. The Labute approximate surface area is 73.7 Å². The Morgan fingerprint density at radius 3 is 2.08 bits per heavy atom. The molecule has 0 saturated carbocycles. The summed E-state index contributed by atoms with van der Waals surface area (Å²) >= 11 is 0. The van der Waals surface area contributed by atoms with Crippen molar-refractivity contribution in [3.63, 3.8) is 0 Å². The predicted molar refractivity (Wildman–Crippen MR) is 47.8 cm³/mol. The summed E-state index contributed by atoms with van der Waals surface area (Å²) in [5.41, 5.74) is 4.50. The van der Waals surface area contributed by atoms with Gasteiger partial charge in [-0.15, -0.1) is 0 Å². The van der Waals surface area contributed by atoms with Crippen molar-refractivity contribution in [1.29, 1.82) is 0 Å². The molecule has 0 aromatic rings. The molecule has 2 atom stereocenters. The summed E-state index contributed by atoms with van der Waals surface area (Å²) < 4.78 is 5.42. The van der Waals surface area contributed by atoms with Crippen LogP contribution >= 0.6 is 0 Å². The van der Waals surface area contributed by atoms with Crippen LogP contribution in [-0.2, 0) is 9.53 Å². The zero-order valence-electron chi connectivity index (χ0n) is 7.99. The second-order valence-electron chi connectivity index (χ2n) is 2.82. The maximum absolute atomic E-state index is 10.3. The van der Waals surface area contributed by atoms with Crippen LogP contribution < -0.4 is 5.73 Å². The molecule has 1 rings (SSSR count). The van der Waals surface area contributed by atoms with Gasteiger partial charge in [0.15, 0.2) is 0 Å². The van der Waals surface area contributed by atoms with Gasteiger partial charge in [0.1, 0.15) is 0 Å². The summed E-state index contributed by atoms with van der Waals surface area (Å²) in [7, 11) is 1.50. The summed E-state index contributed by atoms with van der Waals surface area (Å²) in [6.45, 7) is 5.42. The third kappa shape index (κ3) is 3.69. The van der Waals surface area contributed by atoms with Crippen LogP contribution in [0.3, 0.4) is 0 Å². The molecule has 72 valence electrons. The Kier molecular flexibility index (Phi) is 5.66. The Morgan fingerprint density at radius 1 is 1.33 bits per heavy atom. The molecule has 1 fully saturated rings. The smallest absolute Gasteiger partial charge is 0.209 e. The van der Waals surface area contributed by atoms with Gasteiger partial charge in [0.25, 0.3) is 0 Å². The van der Waals surface area contributed by atoms with Gasteiger partial charge in [-0.25, -0.2) is 0 Å². The lowest BCUT2D eigenvalue weighted by Gasteiger charge is -2.32. The molecular weight excluding hydrogens is 156 g/mol. The van der Waals surface area contributed by atoms with Crippen molar-refractivity contribution < 1.29 is 9.53 Å².